The number of hydrogen-bond acceptors (Lipinski definition) is 8. The first kappa shape index (κ1) is 24.8. The highest BCUT2D eigenvalue weighted by atomic mass is 16.6. The molecule has 0 radical (unpaired) electrons. The molecule has 2 aliphatic rings. The third kappa shape index (κ3) is 5.30. The van der Waals surface area contributed by atoms with E-state index >= 15 is 0 Å². The predicted molar refractivity (Wildman–Crippen MR) is 139 cm³/mol. The van der Waals surface area contributed by atoms with Crippen LogP contribution in [0.2, 0.25) is 0 Å². The number of nitrogens with one attached hydrogen (secondary N) is 2. The van der Waals surface area contributed by atoms with E-state index in [1.807, 2.05) is 39.0 Å². The number of ether oxygens (including phenoxy) is 1. The van der Waals surface area contributed by atoms with Gasteiger partial charge in [0, 0.05) is 47.5 Å². The molecule has 5 rings (SSSR count). The Labute approximate surface area is 215 Å². The van der Waals surface area contributed by atoms with Crippen molar-refractivity contribution < 1.29 is 19.4 Å². The van der Waals surface area contributed by atoms with Crippen LogP contribution in [0, 0.1) is 6.92 Å². The quantitative estimate of drug-likeness (QED) is 0.439. The van der Waals surface area contributed by atoms with E-state index in [0.717, 1.165) is 43.0 Å². The molecule has 0 spiro atoms. The molecule has 11 heteroatoms. The van der Waals surface area contributed by atoms with Crippen LogP contribution in [0.15, 0.2) is 30.5 Å². The van der Waals surface area contributed by atoms with Gasteiger partial charge in [-0.3, -0.25) is 4.98 Å². The van der Waals surface area contributed by atoms with Gasteiger partial charge >= 0.3 is 12.2 Å². The number of hydrogen-bond donors (Lipinski definition) is 3. The van der Waals surface area contributed by atoms with Crippen LogP contribution < -0.4 is 10.6 Å². The minimum Gasteiger partial charge on any atom is -0.465 e. The third-order valence-electron chi connectivity index (χ3n) is 6.85. The predicted octanol–water partition coefficient (Wildman–Crippen LogP) is 5.14. The number of pyridine rings is 2. The van der Waals surface area contributed by atoms with Crippen LogP contribution in [0.1, 0.15) is 58.6 Å². The van der Waals surface area contributed by atoms with E-state index in [4.69, 9.17) is 9.72 Å². The van der Waals surface area contributed by atoms with Crippen LogP contribution in [-0.2, 0) is 4.74 Å². The monoisotopic (exact) mass is 507 g/mol. The number of piperidine rings is 2. The maximum atomic E-state index is 12.5. The number of aromatic nitrogens is 4. The molecule has 196 valence electrons. The molecule has 0 saturated carbocycles. The van der Waals surface area contributed by atoms with Crippen molar-refractivity contribution in [2.45, 2.75) is 83.5 Å². The van der Waals surface area contributed by atoms with Crippen LogP contribution in [-0.4, -0.2) is 65.7 Å². The number of anilines is 3. The fraction of sp³-hybridized carbons (Fsp3) is 0.500. The maximum absolute atomic E-state index is 12.5. The summed E-state index contributed by atoms with van der Waals surface area (Å²) >= 11 is 0. The average molecular weight is 508 g/mol. The van der Waals surface area contributed by atoms with Gasteiger partial charge in [0.15, 0.2) is 5.82 Å². The number of carbonyl (C=O) groups excluding carboxylic acids is 1. The van der Waals surface area contributed by atoms with Crippen molar-refractivity contribution in [1.29, 1.82) is 0 Å². The zero-order valence-corrected chi connectivity index (χ0v) is 21.6. The lowest BCUT2D eigenvalue weighted by atomic mass is 9.82. The van der Waals surface area contributed by atoms with Crippen molar-refractivity contribution in [2.75, 3.05) is 10.6 Å². The van der Waals surface area contributed by atoms with Crippen LogP contribution >= 0.6 is 0 Å². The van der Waals surface area contributed by atoms with E-state index in [-0.39, 0.29) is 18.1 Å². The van der Waals surface area contributed by atoms with E-state index in [0.29, 0.717) is 23.1 Å². The zero-order valence-electron chi connectivity index (χ0n) is 21.6. The summed E-state index contributed by atoms with van der Waals surface area (Å²) in [4.78, 5) is 35.3. The van der Waals surface area contributed by atoms with Gasteiger partial charge in [0.1, 0.15) is 17.2 Å². The number of nitrogens with zero attached hydrogens (tertiary/aromatic N) is 5. The molecule has 11 nitrogen and oxygen atoms in total. The van der Waals surface area contributed by atoms with Crippen molar-refractivity contribution in [3.63, 3.8) is 0 Å². The molecule has 0 unspecified atom stereocenters. The molecule has 2 fully saturated rings. The molecule has 5 heterocycles. The van der Waals surface area contributed by atoms with Crippen molar-refractivity contribution in [3.8, 4) is 0 Å². The van der Waals surface area contributed by atoms with E-state index < -0.39 is 17.8 Å². The van der Waals surface area contributed by atoms with Gasteiger partial charge in [-0.1, -0.05) is 0 Å². The second-order valence-corrected chi connectivity index (χ2v) is 10.9. The smallest absolute Gasteiger partial charge is 0.435 e. The van der Waals surface area contributed by atoms with Gasteiger partial charge in [0.05, 0.1) is 5.52 Å². The normalized spacial score (nSPS) is 21.5. The molecule has 0 aliphatic carbocycles. The van der Waals surface area contributed by atoms with Crippen molar-refractivity contribution in [1.82, 2.24) is 24.6 Å². The highest BCUT2D eigenvalue weighted by molar-refractivity contribution is 5.91. The molecule has 3 aromatic rings. The van der Waals surface area contributed by atoms with Crippen LogP contribution in [0.4, 0.5) is 27.0 Å². The first-order valence-corrected chi connectivity index (χ1v) is 12.7. The Kier molecular flexibility index (Phi) is 6.38. The van der Waals surface area contributed by atoms with Crippen molar-refractivity contribution in [3.05, 3.63) is 36.2 Å². The van der Waals surface area contributed by atoms with Gasteiger partial charge in [-0.15, -0.1) is 5.10 Å². The molecule has 37 heavy (non-hydrogen) atoms. The Morgan fingerprint density at radius 3 is 2.54 bits per heavy atom. The molecular weight excluding hydrogens is 474 g/mol. The summed E-state index contributed by atoms with van der Waals surface area (Å²) in [5, 5.41) is 21.7. The van der Waals surface area contributed by atoms with Gasteiger partial charge in [0.2, 0.25) is 0 Å². The summed E-state index contributed by atoms with van der Waals surface area (Å²) < 4.78 is 6.66. The Morgan fingerprint density at radius 2 is 1.86 bits per heavy atom. The van der Waals surface area contributed by atoms with Gasteiger partial charge < -0.3 is 25.4 Å². The topological polar surface area (TPSA) is 134 Å². The minimum atomic E-state index is -0.826. The molecule has 2 aliphatic heterocycles. The number of fused-ring (bicyclic) bond motifs is 3. The summed E-state index contributed by atoms with van der Waals surface area (Å²) in [5.41, 5.74) is 0.758. The van der Waals surface area contributed by atoms with Crippen LogP contribution in [0.5, 0.6) is 0 Å². The first-order valence-electron chi connectivity index (χ1n) is 12.7. The Morgan fingerprint density at radius 1 is 1.14 bits per heavy atom. The highest BCUT2D eigenvalue weighted by Gasteiger charge is 2.41. The summed E-state index contributed by atoms with van der Waals surface area (Å²) in [5.74, 6) is 1.68. The van der Waals surface area contributed by atoms with Gasteiger partial charge in [0.25, 0.3) is 0 Å². The average Bonchev–Trinajstić information content (AvgIpc) is 3.17. The Bertz CT molecular complexity index is 1320. The summed E-state index contributed by atoms with van der Waals surface area (Å²) in [7, 11) is 0. The van der Waals surface area contributed by atoms with Gasteiger partial charge in [-0.05, 0) is 71.9 Å². The molecule has 1 amide bonds. The SMILES string of the molecule is Cc1cc(Nc2cc3ncccc3c(N[C@H]3C[C@H]4CCC[C@@H](C3)N4C(=O)O)n2)nn1C(=O)OC(C)(C)C. The zero-order chi connectivity index (χ0) is 26.3. The first-order chi connectivity index (χ1) is 17.6. The van der Waals surface area contributed by atoms with Crippen molar-refractivity contribution >= 4 is 40.5 Å². The lowest BCUT2D eigenvalue weighted by Crippen LogP contribution is -2.56. The summed E-state index contributed by atoms with van der Waals surface area (Å²) in [6.45, 7) is 7.21. The fourth-order valence-corrected chi connectivity index (χ4v) is 5.41. The van der Waals surface area contributed by atoms with Gasteiger partial charge in [-0.2, -0.15) is 4.68 Å². The van der Waals surface area contributed by atoms with E-state index in [1.165, 1.54) is 4.68 Å². The van der Waals surface area contributed by atoms with E-state index in [1.54, 1.807) is 24.1 Å². The summed E-state index contributed by atoms with van der Waals surface area (Å²) in [6.07, 6.45) is 4.67. The highest BCUT2D eigenvalue weighted by Crippen LogP contribution is 2.36. The Balaban J connectivity index is 1.39. The number of carbonyl (C=O) groups is 2. The lowest BCUT2D eigenvalue weighted by Gasteiger charge is -2.47. The standard InChI is InChI=1S/C26H33N7O4/c1-15-11-22(31-33(15)25(36)37-26(2,3)4)29-21-14-20-19(9-6-10-27-20)23(30-21)28-16-12-17-7-5-8-18(13-16)32(17)24(34)35/h6,9-11,14,16-18H,5,7-8,12-13H2,1-4H3,(H,34,35)(H2,28,29,30,31)/t16-,17+,18-. The van der Waals surface area contributed by atoms with Crippen LogP contribution in [0.3, 0.4) is 0 Å². The van der Waals surface area contributed by atoms with Crippen LogP contribution in [0.25, 0.3) is 10.9 Å². The van der Waals surface area contributed by atoms with Gasteiger partial charge in [-0.25, -0.2) is 14.6 Å². The number of aryl methyl sites for hydroxylation is 1. The molecule has 3 atom stereocenters. The minimum absolute atomic E-state index is 0.0213. The molecule has 2 saturated heterocycles. The third-order valence-corrected chi connectivity index (χ3v) is 6.85. The number of amides is 1. The molecular formula is C26H33N7O4. The fourth-order valence-electron chi connectivity index (χ4n) is 5.41. The lowest BCUT2D eigenvalue weighted by molar-refractivity contribution is 0.0385. The maximum Gasteiger partial charge on any atom is 0.435 e. The second kappa shape index (κ2) is 9.53. The van der Waals surface area contributed by atoms with Crippen molar-refractivity contribution in [2.24, 2.45) is 0 Å². The molecule has 2 bridgehead atoms. The van der Waals surface area contributed by atoms with E-state index in [2.05, 4.69) is 20.7 Å². The number of rotatable bonds is 4. The Hall–Kier alpha value is -3.89. The second-order valence-electron chi connectivity index (χ2n) is 10.9. The number of carboxylic acid groups (broad SMARTS) is 1. The molecule has 3 aromatic heterocycles. The van der Waals surface area contributed by atoms with E-state index in [9.17, 15) is 14.7 Å². The molecule has 3 N–H and O–H groups in total. The largest absolute Gasteiger partial charge is 0.465 e. The molecule has 0 aromatic carbocycles. The summed E-state index contributed by atoms with van der Waals surface area (Å²) in [6, 6.07) is 7.58.